The number of benzene rings is 2. The lowest BCUT2D eigenvalue weighted by Gasteiger charge is -2.06. The van der Waals surface area contributed by atoms with Crippen LogP contribution >= 0.6 is 11.3 Å². The lowest BCUT2D eigenvalue weighted by Crippen LogP contribution is -2.25. The normalized spacial score (nSPS) is 11.0. The van der Waals surface area contributed by atoms with E-state index in [4.69, 9.17) is 0 Å². The predicted octanol–water partition coefficient (Wildman–Crippen LogP) is 4.27. The second-order valence-corrected chi connectivity index (χ2v) is 7.11. The van der Waals surface area contributed by atoms with Crippen LogP contribution in [0.25, 0.3) is 22.2 Å². The van der Waals surface area contributed by atoms with Gasteiger partial charge >= 0.3 is 0 Å². The summed E-state index contributed by atoms with van der Waals surface area (Å²) < 4.78 is 2.02. The molecular formula is C21H19N3OS. The zero-order valence-corrected chi connectivity index (χ0v) is 15.3. The van der Waals surface area contributed by atoms with Gasteiger partial charge < -0.3 is 9.88 Å². The van der Waals surface area contributed by atoms with Crippen molar-refractivity contribution in [1.29, 1.82) is 0 Å². The maximum atomic E-state index is 12.5. The zero-order chi connectivity index (χ0) is 17.9. The Balaban J connectivity index is 1.40. The molecule has 0 aliphatic rings. The molecule has 0 unspecified atom stereocenters. The van der Waals surface area contributed by atoms with E-state index in [9.17, 15) is 4.79 Å². The Kier molecular flexibility index (Phi) is 4.54. The number of hydrogen-bond acceptors (Lipinski definition) is 3. The van der Waals surface area contributed by atoms with Gasteiger partial charge in [0.05, 0.1) is 10.7 Å². The fraction of sp³-hybridized carbons (Fsp3) is 0.143. The third kappa shape index (κ3) is 3.26. The van der Waals surface area contributed by atoms with Crippen LogP contribution in [0.3, 0.4) is 0 Å². The lowest BCUT2D eigenvalue weighted by atomic mass is 10.1. The quantitative estimate of drug-likeness (QED) is 0.577. The molecule has 1 N–H and O–H groups in total. The van der Waals surface area contributed by atoms with Gasteiger partial charge in [0.2, 0.25) is 0 Å². The van der Waals surface area contributed by atoms with Crippen molar-refractivity contribution in [3.8, 4) is 11.3 Å². The van der Waals surface area contributed by atoms with Crippen molar-refractivity contribution in [1.82, 2.24) is 14.9 Å². The van der Waals surface area contributed by atoms with E-state index >= 15 is 0 Å². The molecule has 0 aliphatic heterocycles. The second kappa shape index (κ2) is 7.14. The zero-order valence-electron chi connectivity index (χ0n) is 14.5. The third-order valence-electron chi connectivity index (χ3n) is 4.42. The molecule has 4 nitrogen and oxygen atoms in total. The Morgan fingerprint density at radius 1 is 1.12 bits per heavy atom. The molecule has 130 valence electrons. The first-order valence-corrected chi connectivity index (χ1v) is 9.42. The highest BCUT2D eigenvalue weighted by atomic mass is 32.1. The van der Waals surface area contributed by atoms with Gasteiger partial charge in [0, 0.05) is 53.6 Å². The summed E-state index contributed by atoms with van der Waals surface area (Å²) >= 11 is 1.63. The van der Waals surface area contributed by atoms with Gasteiger partial charge in [0.25, 0.3) is 5.91 Å². The summed E-state index contributed by atoms with van der Waals surface area (Å²) in [6.07, 6.45) is 2.70. The summed E-state index contributed by atoms with van der Waals surface area (Å²) in [6.45, 7) is 0.573. The van der Waals surface area contributed by atoms with E-state index in [-0.39, 0.29) is 5.91 Å². The van der Waals surface area contributed by atoms with Crippen molar-refractivity contribution in [2.24, 2.45) is 7.05 Å². The molecule has 0 bridgehead atoms. The molecule has 26 heavy (non-hydrogen) atoms. The highest BCUT2D eigenvalue weighted by Gasteiger charge is 2.11. The van der Waals surface area contributed by atoms with Crippen LogP contribution in [0.2, 0.25) is 0 Å². The number of nitrogens with one attached hydrogen (secondary N) is 1. The molecular weight excluding hydrogens is 342 g/mol. The minimum absolute atomic E-state index is 0.0401. The lowest BCUT2D eigenvalue weighted by molar-refractivity contribution is 0.0956. The average Bonchev–Trinajstić information content (AvgIpc) is 3.30. The molecule has 0 fully saturated rings. The number of thiazole rings is 1. The van der Waals surface area contributed by atoms with Crippen LogP contribution in [-0.2, 0) is 13.5 Å². The molecule has 4 aromatic rings. The molecule has 4 rings (SSSR count). The summed E-state index contributed by atoms with van der Waals surface area (Å²) in [6, 6.07) is 17.9. The van der Waals surface area contributed by atoms with E-state index in [1.807, 2.05) is 60.3 Å². The second-order valence-electron chi connectivity index (χ2n) is 6.16. The van der Waals surface area contributed by atoms with E-state index in [0.29, 0.717) is 12.1 Å². The van der Waals surface area contributed by atoms with Crippen LogP contribution < -0.4 is 5.32 Å². The monoisotopic (exact) mass is 361 g/mol. The van der Waals surface area contributed by atoms with Crippen LogP contribution in [0.5, 0.6) is 0 Å². The first-order chi connectivity index (χ1) is 12.7. The summed E-state index contributed by atoms with van der Waals surface area (Å²) in [7, 11) is 1.98. The molecule has 2 aromatic carbocycles. The van der Waals surface area contributed by atoms with Gasteiger partial charge in [-0.1, -0.05) is 36.4 Å². The van der Waals surface area contributed by atoms with Crippen LogP contribution in [-0.4, -0.2) is 22.0 Å². The number of fused-ring (bicyclic) bond motifs is 1. The van der Waals surface area contributed by atoms with Gasteiger partial charge in [-0.3, -0.25) is 4.79 Å². The van der Waals surface area contributed by atoms with E-state index in [1.54, 1.807) is 11.3 Å². The fourth-order valence-corrected chi connectivity index (χ4v) is 3.85. The van der Waals surface area contributed by atoms with Crippen LogP contribution in [0, 0.1) is 0 Å². The molecule has 0 saturated heterocycles. The Morgan fingerprint density at radius 2 is 1.96 bits per heavy atom. The Hall–Kier alpha value is -2.92. The fourth-order valence-electron chi connectivity index (χ4n) is 3.05. The van der Waals surface area contributed by atoms with Gasteiger partial charge in [-0.15, -0.1) is 11.3 Å². The topological polar surface area (TPSA) is 46.9 Å². The number of rotatable bonds is 5. The summed E-state index contributed by atoms with van der Waals surface area (Å²) in [5.74, 6) is -0.0401. The van der Waals surface area contributed by atoms with Gasteiger partial charge in [-0.2, -0.15) is 0 Å². The smallest absolute Gasteiger partial charge is 0.251 e. The molecule has 0 aliphatic carbocycles. The van der Waals surface area contributed by atoms with Crippen molar-refractivity contribution < 1.29 is 4.79 Å². The number of carbonyl (C=O) groups is 1. The van der Waals surface area contributed by atoms with Gasteiger partial charge in [0.15, 0.2) is 0 Å². The van der Waals surface area contributed by atoms with Crippen molar-refractivity contribution in [2.75, 3.05) is 6.54 Å². The van der Waals surface area contributed by atoms with Gasteiger partial charge in [-0.05, 0) is 18.2 Å². The van der Waals surface area contributed by atoms with Crippen molar-refractivity contribution in [2.45, 2.75) is 6.42 Å². The number of carbonyl (C=O) groups excluding carboxylic acids is 1. The van der Waals surface area contributed by atoms with Gasteiger partial charge in [-0.25, -0.2) is 4.98 Å². The van der Waals surface area contributed by atoms with Crippen LogP contribution in [0.15, 0.2) is 66.2 Å². The molecule has 1 amide bonds. The Morgan fingerprint density at radius 3 is 2.81 bits per heavy atom. The van der Waals surface area contributed by atoms with Crippen molar-refractivity contribution >= 4 is 28.1 Å². The third-order valence-corrected chi connectivity index (χ3v) is 5.33. The van der Waals surface area contributed by atoms with E-state index in [1.165, 1.54) is 0 Å². The minimum Gasteiger partial charge on any atom is -0.352 e. The van der Waals surface area contributed by atoms with Gasteiger partial charge in [0.1, 0.15) is 0 Å². The van der Waals surface area contributed by atoms with E-state index < -0.39 is 0 Å². The van der Waals surface area contributed by atoms with E-state index in [0.717, 1.165) is 33.6 Å². The number of nitrogens with zero attached hydrogens (tertiary/aromatic N) is 2. The maximum Gasteiger partial charge on any atom is 0.251 e. The molecule has 2 heterocycles. The highest BCUT2D eigenvalue weighted by Crippen LogP contribution is 2.22. The van der Waals surface area contributed by atoms with Crippen LogP contribution in [0.4, 0.5) is 0 Å². The summed E-state index contributed by atoms with van der Waals surface area (Å²) in [4.78, 5) is 17.2. The minimum atomic E-state index is -0.0401. The SMILES string of the molecule is Cn1ccc2c(C(=O)NCCc3nc(-c4ccccc4)cs3)cccc21. The Labute approximate surface area is 156 Å². The standard InChI is InChI=1S/C21H19N3OS/c1-24-13-11-16-17(8-5-9-19(16)24)21(25)22-12-10-20-23-18(14-26-20)15-6-3-2-4-7-15/h2-9,11,13-14H,10,12H2,1H3,(H,22,25). The predicted molar refractivity (Wildman–Crippen MR) is 107 cm³/mol. The molecule has 0 spiro atoms. The summed E-state index contributed by atoms with van der Waals surface area (Å²) in [5, 5.41) is 7.09. The number of aryl methyl sites for hydroxylation is 1. The maximum absolute atomic E-state index is 12.5. The number of aromatic nitrogens is 2. The molecule has 0 radical (unpaired) electrons. The van der Waals surface area contributed by atoms with Crippen molar-refractivity contribution in [3.63, 3.8) is 0 Å². The summed E-state index contributed by atoms with van der Waals surface area (Å²) in [5.41, 5.74) is 3.89. The largest absolute Gasteiger partial charge is 0.352 e. The van der Waals surface area contributed by atoms with E-state index in [2.05, 4.69) is 27.8 Å². The molecule has 0 atom stereocenters. The number of hydrogen-bond donors (Lipinski definition) is 1. The van der Waals surface area contributed by atoms with Crippen LogP contribution in [0.1, 0.15) is 15.4 Å². The first-order valence-electron chi connectivity index (χ1n) is 8.54. The highest BCUT2D eigenvalue weighted by molar-refractivity contribution is 7.09. The average molecular weight is 361 g/mol. The molecule has 2 aromatic heterocycles. The van der Waals surface area contributed by atoms with Crippen molar-refractivity contribution in [3.05, 3.63) is 76.7 Å². The first kappa shape index (κ1) is 16.5. The Bertz CT molecular complexity index is 1050. The molecule has 5 heteroatoms. The number of amides is 1. The molecule has 0 saturated carbocycles.